The first-order valence-corrected chi connectivity index (χ1v) is 7.84. The van der Waals surface area contributed by atoms with Crippen molar-refractivity contribution < 1.29 is 12.8 Å². The number of nitrogen functional groups attached to an aromatic ring is 1. The summed E-state index contributed by atoms with van der Waals surface area (Å²) >= 11 is 8.73. The SMILES string of the molecule is Nc1cc(S(=O)(=O)Nc2cc(Cl)ccn2)c(Br)cc1F. The number of rotatable bonds is 3. The second kappa shape index (κ2) is 5.55. The molecule has 0 amide bonds. The van der Waals surface area contributed by atoms with E-state index in [-0.39, 0.29) is 20.9 Å². The van der Waals surface area contributed by atoms with Gasteiger partial charge in [-0.2, -0.15) is 0 Å². The second-order valence-corrected chi connectivity index (χ2v) is 6.71. The molecule has 0 fully saturated rings. The van der Waals surface area contributed by atoms with Crippen molar-refractivity contribution >= 4 is 49.1 Å². The van der Waals surface area contributed by atoms with Gasteiger partial charge in [0.1, 0.15) is 16.5 Å². The van der Waals surface area contributed by atoms with Crippen LogP contribution < -0.4 is 10.5 Å². The Labute approximate surface area is 128 Å². The molecule has 0 spiro atoms. The first-order valence-electron chi connectivity index (χ1n) is 5.18. The van der Waals surface area contributed by atoms with E-state index in [1.54, 1.807) is 0 Å². The highest BCUT2D eigenvalue weighted by molar-refractivity contribution is 9.10. The summed E-state index contributed by atoms with van der Waals surface area (Å²) in [7, 11) is -3.96. The molecule has 1 aromatic carbocycles. The number of benzene rings is 1. The molecular formula is C11H8BrClFN3O2S. The van der Waals surface area contributed by atoms with E-state index in [2.05, 4.69) is 25.6 Å². The molecule has 3 N–H and O–H groups in total. The Morgan fingerprint density at radius 3 is 2.70 bits per heavy atom. The molecule has 0 saturated heterocycles. The zero-order valence-corrected chi connectivity index (χ0v) is 12.9. The number of anilines is 2. The lowest BCUT2D eigenvalue weighted by Crippen LogP contribution is -2.15. The van der Waals surface area contributed by atoms with Gasteiger partial charge in [0.05, 0.1) is 5.69 Å². The minimum atomic E-state index is -3.96. The van der Waals surface area contributed by atoms with E-state index >= 15 is 0 Å². The van der Waals surface area contributed by atoms with Crippen molar-refractivity contribution in [3.05, 3.63) is 45.8 Å². The summed E-state index contributed by atoms with van der Waals surface area (Å²) in [5.74, 6) is -0.663. The fraction of sp³-hybridized carbons (Fsp3) is 0. The van der Waals surface area contributed by atoms with Gasteiger partial charge < -0.3 is 5.73 Å². The number of pyridine rings is 1. The van der Waals surface area contributed by atoms with Crippen molar-refractivity contribution in [1.82, 2.24) is 4.98 Å². The lowest BCUT2D eigenvalue weighted by Gasteiger charge is -2.10. The number of sulfonamides is 1. The Kier molecular flexibility index (Phi) is 4.17. The molecule has 1 heterocycles. The van der Waals surface area contributed by atoms with Gasteiger partial charge in [0.2, 0.25) is 0 Å². The average molecular weight is 381 g/mol. The Morgan fingerprint density at radius 2 is 2.05 bits per heavy atom. The fourth-order valence-electron chi connectivity index (χ4n) is 1.40. The molecule has 2 rings (SSSR count). The van der Waals surface area contributed by atoms with E-state index in [0.717, 1.165) is 12.1 Å². The number of halogens is 3. The van der Waals surface area contributed by atoms with Gasteiger partial charge in [0.15, 0.2) is 0 Å². The number of hydrogen-bond acceptors (Lipinski definition) is 4. The Morgan fingerprint density at radius 1 is 1.35 bits per heavy atom. The number of hydrogen-bond donors (Lipinski definition) is 2. The van der Waals surface area contributed by atoms with Gasteiger partial charge in [-0.3, -0.25) is 4.72 Å². The number of nitrogens with one attached hydrogen (secondary N) is 1. The molecule has 0 saturated carbocycles. The van der Waals surface area contributed by atoms with Crippen LogP contribution in [0.5, 0.6) is 0 Å². The fourth-order valence-corrected chi connectivity index (χ4v) is 3.61. The maximum Gasteiger partial charge on any atom is 0.264 e. The van der Waals surface area contributed by atoms with E-state index in [9.17, 15) is 12.8 Å². The van der Waals surface area contributed by atoms with Gasteiger partial charge in [0.25, 0.3) is 10.0 Å². The van der Waals surface area contributed by atoms with E-state index in [0.29, 0.717) is 5.02 Å². The molecule has 9 heteroatoms. The van der Waals surface area contributed by atoms with Gasteiger partial charge in [0, 0.05) is 21.8 Å². The molecule has 0 atom stereocenters. The van der Waals surface area contributed by atoms with E-state index < -0.39 is 15.8 Å². The first-order chi connectivity index (χ1) is 9.29. The maximum absolute atomic E-state index is 13.2. The van der Waals surface area contributed by atoms with Gasteiger partial charge >= 0.3 is 0 Å². The standard InChI is InChI=1S/C11H8BrClFN3O2S/c12-7-4-8(14)9(15)5-10(7)20(18,19)17-11-3-6(13)1-2-16-11/h1-5H,15H2,(H,16,17). The normalized spacial score (nSPS) is 11.3. The summed E-state index contributed by atoms with van der Waals surface area (Å²) in [6, 6.07) is 4.85. The van der Waals surface area contributed by atoms with Crippen molar-refractivity contribution in [2.24, 2.45) is 0 Å². The molecular weight excluding hydrogens is 373 g/mol. The highest BCUT2D eigenvalue weighted by Crippen LogP contribution is 2.28. The predicted octanol–water partition coefficient (Wildman–Crippen LogP) is 3.02. The largest absolute Gasteiger partial charge is 0.396 e. The van der Waals surface area contributed by atoms with Crippen LogP contribution in [0.4, 0.5) is 15.9 Å². The second-order valence-electron chi connectivity index (χ2n) is 3.77. The minimum Gasteiger partial charge on any atom is -0.396 e. The summed E-state index contributed by atoms with van der Waals surface area (Å²) in [4.78, 5) is 3.63. The van der Waals surface area contributed by atoms with Gasteiger partial charge in [-0.1, -0.05) is 11.6 Å². The van der Waals surface area contributed by atoms with E-state index in [4.69, 9.17) is 17.3 Å². The molecule has 0 radical (unpaired) electrons. The Hall–Kier alpha value is -1.38. The van der Waals surface area contributed by atoms with E-state index in [1.165, 1.54) is 18.3 Å². The monoisotopic (exact) mass is 379 g/mol. The zero-order valence-electron chi connectivity index (χ0n) is 9.77. The molecule has 20 heavy (non-hydrogen) atoms. The minimum absolute atomic E-state index is 0.0484. The summed E-state index contributed by atoms with van der Waals surface area (Å²) in [5, 5.41) is 0.329. The molecule has 106 valence electrons. The number of nitrogens with zero attached hydrogens (tertiary/aromatic N) is 1. The summed E-state index contributed by atoms with van der Waals surface area (Å²) < 4.78 is 39.9. The lowest BCUT2D eigenvalue weighted by molar-refractivity contribution is 0.599. The highest BCUT2D eigenvalue weighted by Gasteiger charge is 2.20. The van der Waals surface area contributed by atoms with Crippen LogP contribution in [0.3, 0.4) is 0 Å². The lowest BCUT2D eigenvalue weighted by atomic mass is 10.3. The predicted molar refractivity (Wildman–Crippen MR) is 78.6 cm³/mol. The van der Waals surface area contributed by atoms with Gasteiger partial charge in [-0.15, -0.1) is 0 Å². The van der Waals surface area contributed by atoms with Gasteiger partial charge in [-0.05, 0) is 34.1 Å². The van der Waals surface area contributed by atoms with Crippen molar-refractivity contribution in [1.29, 1.82) is 0 Å². The van der Waals surface area contributed by atoms with Crippen LogP contribution in [-0.4, -0.2) is 13.4 Å². The quantitative estimate of drug-likeness (QED) is 0.802. The number of aromatic nitrogens is 1. The van der Waals surface area contributed by atoms with Crippen molar-refractivity contribution in [2.75, 3.05) is 10.5 Å². The zero-order chi connectivity index (χ0) is 14.9. The molecule has 5 nitrogen and oxygen atoms in total. The molecule has 2 aromatic rings. The van der Waals surface area contributed by atoms with Crippen LogP contribution in [0.1, 0.15) is 0 Å². The number of nitrogens with two attached hydrogens (primary N) is 1. The van der Waals surface area contributed by atoms with Crippen molar-refractivity contribution in [2.45, 2.75) is 4.90 Å². The molecule has 0 aliphatic carbocycles. The maximum atomic E-state index is 13.2. The Bertz CT molecular complexity index is 770. The highest BCUT2D eigenvalue weighted by atomic mass is 79.9. The van der Waals surface area contributed by atoms with Crippen LogP contribution in [0.2, 0.25) is 5.02 Å². The van der Waals surface area contributed by atoms with Crippen LogP contribution in [0.25, 0.3) is 0 Å². The summed E-state index contributed by atoms with van der Waals surface area (Å²) in [6.07, 6.45) is 1.36. The molecule has 0 bridgehead atoms. The van der Waals surface area contributed by atoms with E-state index in [1.807, 2.05) is 0 Å². The topological polar surface area (TPSA) is 85.1 Å². The molecule has 0 unspecified atom stereocenters. The third-order valence-corrected chi connectivity index (χ3v) is 4.85. The van der Waals surface area contributed by atoms with Crippen molar-refractivity contribution in [3.63, 3.8) is 0 Å². The van der Waals surface area contributed by atoms with Gasteiger partial charge in [-0.25, -0.2) is 17.8 Å². The third kappa shape index (κ3) is 3.20. The summed E-state index contributed by atoms with van der Waals surface area (Å²) in [5.41, 5.74) is 5.11. The summed E-state index contributed by atoms with van der Waals surface area (Å²) in [6.45, 7) is 0. The van der Waals surface area contributed by atoms with Crippen LogP contribution in [0.15, 0.2) is 39.8 Å². The van der Waals surface area contributed by atoms with Crippen LogP contribution in [-0.2, 0) is 10.0 Å². The molecule has 0 aliphatic heterocycles. The first kappa shape index (κ1) is 15.0. The third-order valence-electron chi connectivity index (χ3n) is 2.30. The molecule has 1 aromatic heterocycles. The smallest absolute Gasteiger partial charge is 0.264 e. The molecule has 0 aliphatic rings. The average Bonchev–Trinajstić information content (AvgIpc) is 2.33. The van der Waals surface area contributed by atoms with Crippen LogP contribution in [0, 0.1) is 5.82 Å². The Balaban J connectivity index is 2.43. The van der Waals surface area contributed by atoms with Crippen molar-refractivity contribution in [3.8, 4) is 0 Å². The van der Waals surface area contributed by atoms with Crippen LogP contribution >= 0.6 is 27.5 Å².